The lowest BCUT2D eigenvalue weighted by Gasteiger charge is -2.12. The molecule has 0 aromatic heterocycles. The molecule has 3 rings (SSSR count). The number of rotatable bonds is 10. The molecule has 2 heteroatoms. The zero-order chi connectivity index (χ0) is 19.6. The van der Waals surface area contributed by atoms with E-state index in [1.54, 1.807) is 0 Å². The normalized spacial score (nSPS) is 10.6. The van der Waals surface area contributed by atoms with E-state index < -0.39 is 0 Å². The smallest absolute Gasteiger partial charge is 0.119 e. The molecule has 0 amide bonds. The highest BCUT2D eigenvalue weighted by molar-refractivity contribution is 5.83. The maximum atomic E-state index is 5.79. The van der Waals surface area contributed by atoms with Crippen LogP contribution in [0.4, 0.5) is 0 Å². The summed E-state index contributed by atoms with van der Waals surface area (Å²) in [6, 6.07) is 25.3. The summed E-state index contributed by atoms with van der Waals surface area (Å²) in [7, 11) is 0. The monoisotopic (exact) mass is 374 g/mol. The van der Waals surface area contributed by atoms with Gasteiger partial charge in [0.1, 0.15) is 11.5 Å². The van der Waals surface area contributed by atoms with Gasteiger partial charge in [-0.15, -0.1) is 0 Å². The van der Waals surface area contributed by atoms with Crippen molar-refractivity contribution in [3.05, 3.63) is 72.8 Å². The van der Waals surface area contributed by atoms with E-state index in [2.05, 4.69) is 86.6 Å². The van der Waals surface area contributed by atoms with E-state index in [1.807, 2.05) is 0 Å². The number of hydrogen-bond acceptors (Lipinski definition) is 2. The molecular weight excluding hydrogens is 344 g/mol. The Hall–Kier alpha value is -2.74. The van der Waals surface area contributed by atoms with Crippen LogP contribution in [0.2, 0.25) is 0 Å². The minimum absolute atomic E-state index is 0.777. The van der Waals surface area contributed by atoms with Gasteiger partial charge in [0.25, 0.3) is 0 Å². The van der Waals surface area contributed by atoms with Gasteiger partial charge in [-0.05, 0) is 59.4 Å². The van der Waals surface area contributed by atoms with Gasteiger partial charge in [-0.25, -0.2) is 0 Å². The highest BCUT2D eigenvalue weighted by Crippen LogP contribution is 2.33. The first kappa shape index (κ1) is 20.0. The van der Waals surface area contributed by atoms with E-state index in [4.69, 9.17) is 9.47 Å². The van der Waals surface area contributed by atoms with Crippen molar-refractivity contribution < 1.29 is 9.47 Å². The molecule has 0 unspecified atom stereocenters. The summed E-state index contributed by atoms with van der Waals surface area (Å²) >= 11 is 0. The second kappa shape index (κ2) is 10.6. The first-order chi connectivity index (χ1) is 13.8. The van der Waals surface area contributed by atoms with Crippen LogP contribution in [0.1, 0.15) is 39.5 Å². The van der Waals surface area contributed by atoms with Crippen molar-refractivity contribution in [2.24, 2.45) is 0 Å². The van der Waals surface area contributed by atoms with Gasteiger partial charge in [-0.2, -0.15) is 0 Å². The van der Waals surface area contributed by atoms with Crippen LogP contribution in [0.5, 0.6) is 11.5 Å². The summed E-state index contributed by atoms with van der Waals surface area (Å²) in [5.41, 5.74) is 4.84. The Morgan fingerprint density at radius 1 is 0.536 bits per heavy atom. The second-order valence-electron chi connectivity index (χ2n) is 7.00. The zero-order valence-electron chi connectivity index (χ0n) is 17.0. The van der Waals surface area contributed by atoms with E-state index >= 15 is 0 Å². The van der Waals surface area contributed by atoms with Crippen LogP contribution in [-0.2, 0) is 0 Å². The molecule has 0 aliphatic rings. The summed E-state index contributed by atoms with van der Waals surface area (Å²) in [5.74, 6) is 1.87. The maximum absolute atomic E-state index is 5.79. The van der Waals surface area contributed by atoms with E-state index in [0.29, 0.717) is 0 Å². The Bertz CT molecular complexity index is 763. The van der Waals surface area contributed by atoms with Gasteiger partial charge in [0.15, 0.2) is 0 Å². The Labute approximate surface area is 169 Å². The second-order valence-corrected chi connectivity index (χ2v) is 7.00. The molecule has 0 atom stereocenters. The molecular formula is C26H30O2. The van der Waals surface area contributed by atoms with Gasteiger partial charge in [0, 0.05) is 0 Å². The van der Waals surface area contributed by atoms with Crippen molar-refractivity contribution >= 4 is 0 Å². The molecule has 0 heterocycles. The molecule has 0 N–H and O–H groups in total. The molecule has 0 fully saturated rings. The van der Waals surface area contributed by atoms with Crippen LogP contribution in [0.25, 0.3) is 22.3 Å². The minimum atomic E-state index is 0.777. The highest BCUT2D eigenvalue weighted by atomic mass is 16.5. The largest absolute Gasteiger partial charge is 0.494 e. The lowest BCUT2D eigenvalue weighted by molar-refractivity contribution is 0.309. The van der Waals surface area contributed by atoms with Crippen molar-refractivity contribution in [3.63, 3.8) is 0 Å². The lowest BCUT2D eigenvalue weighted by atomic mass is 9.94. The van der Waals surface area contributed by atoms with Crippen molar-refractivity contribution in [3.8, 4) is 33.8 Å². The van der Waals surface area contributed by atoms with Crippen LogP contribution < -0.4 is 9.47 Å². The molecule has 28 heavy (non-hydrogen) atoms. The molecule has 146 valence electrons. The summed E-state index contributed by atoms with van der Waals surface area (Å²) in [6.45, 7) is 5.90. The van der Waals surface area contributed by atoms with Gasteiger partial charge in [-0.3, -0.25) is 0 Å². The summed E-state index contributed by atoms with van der Waals surface area (Å²) < 4.78 is 11.6. The van der Waals surface area contributed by atoms with Crippen molar-refractivity contribution in [1.29, 1.82) is 0 Å². The predicted octanol–water partition coefficient (Wildman–Crippen LogP) is 7.38. The number of benzene rings is 3. The topological polar surface area (TPSA) is 18.5 Å². The van der Waals surface area contributed by atoms with Gasteiger partial charge in [0.05, 0.1) is 13.2 Å². The van der Waals surface area contributed by atoms with Gasteiger partial charge >= 0.3 is 0 Å². The van der Waals surface area contributed by atoms with E-state index in [-0.39, 0.29) is 0 Å². The van der Waals surface area contributed by atoms with Crippen LogP contribution in [-0.4, -0.2) is 13.2 Å². The van der Waals surface area contributed by atoms with Crippen molar-refractivity contribution in [1.82, 2.24) is 0 Å². The fourth-order valence-electron chi connectivity index (χ4n) is 3.12. The Kier molecular flexibility index (Phi) is 7.54. The van der Waals surface area contributed by atoms with E-state index in [1.165, 1.54) is 22.3 Å². The SMILES string of the molecule is CCCCOc1ccc(-c2ccccc2-c2ccc(OCCCC)cc2)cc1. The predicted molar refractivity (Wildman–Crippen MR) is 118 cm³/mol. The molecule has 2 nitrogen and oxygen atoms in total. The summed E-state index contributed by atoms with van der Waals surface area (Å²) in [4.78, 5) is 0. The molecule has 0 aliphatic carbocycles. The lowest BCUT2D eigenvalue weighted by Crippen LogP contribution is -1.96. The Morgan fingerprint density at radius 2 is 0.929 bits per heavy atom. The average molecular weight is 375 g/mol. The fourth-order valence-corrected chi connectivity index (χ4v) is 3.12. The molecule has 0 bridgehead atoms. The van der Waals surface area contributed by atoms with Gasteiger partial charge in [0.2, 0.25) is 0 Å². The fraction of sp³-hybridized carbons (Fsp3) is 0.308. The third kappa shape index (κ3) is 5.39. The first-order valence-electron chi connectivity index (χ1n) is 10.4. The molecule has 0 aliphatic heterocycles. The maximum Gasteiger partial charge on any atom is 0.119 e. The molecule has 0 saturated heterocycles. The molecule has 3 aromatic rings. The average Bonchev–Trinajstić information content (AvgIpc) is 2.75. The molecule has 0 radical (unpaired) electrons. The summed E-state index contributed by atoms with van der Waals surface area (Å²) in [5, 5.41) is 0. The Morgan fingerprint density at radius 3 is 1.29 bits per heavy atom. The van der Waals surface area contributed by atoms with Crippen molar-refractivity contribution in [2.45, 2.75) is 39.5 Å². The first-order valence-corrected chi connectivity index (χ1v) is 10.4. The number of ether oxygens (including phenoxy) is 2. The Balaban J connectivity index is 1.77. The number of hydrogen-bond donors (Lipinski definition) is 0. The third-order valence-corrected chi connectivity index (χ3v) is 4.79. The van der Waals surface area contributed by atoms with Crippen molar-refractivity contribution in [2.75, 3.05) is 13.2 Å². The minimum Gasteiger partial charge on any atom is -0.494 e. The van der Waals surface area contributed by atoms with Crippen LogP contribution in [0.15, 0.2) is 72.8 Å². The van der Waals surface area contributed by atoms with Crippen LogP contribution >= 0.6 is 0 Å². The molecule has 0 saturated carbocycles. The van der Waals surface area contributed by atoms with Gasteiger partial charge < -0.3 is 9.47 Å². The van der Waals surface area contributed by atoms with Crippen LogP contribution in [0.3, 0.4) is 0 Å². The van der Waals surface area contributed by atoms with E-state index in [0.717, 1.165) is 50.4 Å². The van der Waals surface area contributed by atoms with E-state index in [9.17, 15) is 0 Å². The highest BCUT2D eigenvalue weighted by Gasteiger charge is 2.08. The zero-order valence-corrected chi connectivity index (χ0v) is 17.0. The van der Waals surface area contributed by atoms with Gasteiger partial charge in [-0.1, -0.05) is 75.2 Å². The molecule has 0 spiro atoms. The summed E-state index contributed by atoms with van der Waals surface area (Å²) in [6.07, 6.45) is 4.47. The van der Waals surface area contributed by atoms with Crippen LogP contribution in [0, 0.1) is 0 Å². The third-order valence-electron chi connectivity index (χ3n) is 4.79. The standard InChI is InChI=1S/C26H30O2/c1-3-5-19-27-23-15-11-21(12-16-23)25-9-7-8-10-26(25)22-13-17-24(18-14-22)28-20-6-4-2/h7-18H,3-6,19-20H2,1-2H3. The number of unbranched alkanes of at least 4 members (excludes halogenated alkanes) is 2. The quantitative estimate of drug-likeness (QED) is 0.345. The molecule has 3 aromatic carbocycles.